The Morgan fingerprint density at radius 2 is 1.97 bits per heavy atom. The predicted molar refractivity (Wildman–Crippen MR) is 132 cm³/mol. The molecule has 33 heavy (non-hydrogen) atoms. The Hall–Kier alpha value is -2.42. The molecule has 1 aliphatic carbocycles. The molecule has 7 nitrogen and oxygen atoms in total. The highest BCUT2D eigenvalue weighted by atomic mass is 35.5. The number of likely N-dealkylation sites (tertiary alicyclic amines) is 1. The highest BCUT2D eigenvalue weighted by Gasteiger charge is 2.23. The Morgan fingerprint density at radius 1 is 1.15 bits per heavy atom. The van der Waals surface area contributed by atoms with Crippen LogP contribution < -0.4 is 10.6 Å². The van der Waals surface area contributed by atoms with Crippen molar-refractivity contribution < 1.29 is 9.18 Å². The third kappa shape index (κ3) is 5.57. The Morgan fingerprint density at radius 3 is 2.67 bits per heavy atom. The van der Waals surface area contributed by atoms with Gasteiger partial charge in [-0.2, -0.15) is 0 Å². The molecule has 3 aromatic rings. The summed E-state index contributed by atoms with van der Waals surface area (Å²) in [5.74, 6) is 0.577. The SMILES string of the molecule is CN1CCC[C@H]1CNC(=O)c1ccc(-c2cnc3ccc(NCC4CC4)nn23)cc1F.Cl.Cl. The Labute approximate surface area is 205 Å². The number of hydrogen-bond acceptors (Lipinski definition) is 5. The minimum absolute atomic E-state index is 0. The highest BCUT2D eigenvalue weighted by Crippen LogP contribution is 2.29. The smallest absolute Gasteiger partial charge is 0.254 e. The number of halogens is 3. The molecule has 10 heteroatoms. The third-order valence-corrected chi connectivity index (χ3v) is 6.31. The molecule has 0 unspecified atom stereocenters. The van der Waals surface area contributed by atoms with Gasteiger partial charge in [0.25, 0.3) is 5.91 Å². The summed E-state index contributed by atoms with van der Waals surface area (Å²) in [6.45, 7) is 2.48. The van der Waals surface area contributed by atoms with Gasteiger partial charge >= 0.3 is 0 Å². The number of nitrogens with zero attached hydrogens (tertiary/aromatic N) is 4. The van der Waals surface area contributed by atoms with Crippen molar-refractivity contribution in [2.24, 2.45) is 5.92 Å². The number of anilines is 1. The molecule has 1 saturated heterocycles. The second kappa shape index (κ2) is 10.7. The minimum Gasteiger partial charge on any atom is -0.368 e. The Balaban J connectivity index is 0.00000153. The predicted octanol–water partition coefficient (Wildman–Crippen LogP) is 4.02. The van der Waals surface area contributed by atoms with Crippen LogP contribution in [-0.4, -0.2) is 58.1 Å². The number of nitrogens with one attached hydrogen (secondary N) is 2. The molecule has 1 amide bonds. The van der Waals surface area contributed by atoms with Crippen LogP contribution in [0.25, 0.3) is 16.9 Å². The van der Waals surface area contributed by atoms with Gasteiger partial charge in [0.1, 0.15) is 11.6 Å². The molecular formula is C23H29Cl2FN6O. The van der Waals surface area contributed by atoms with E-state index in [1.54, 1.807) is 16.8 Å². The first-order valence-corrected chi connectivity index (χ1v) is 11.0. The molecule has 2 aliphatic rings. The fraction of sp³-hybridized carbons (Fsp3) is 0.435. The van der Waals surface area contributed by atoms with Crippen LogP contribution in [0.2, 0.25) is 0 Å². The Kier molecular flexibility index (Phi) is 8.15. The summed E-state index contributed by atoms with van der Waals surface area (Å²) >= 11 is 0. The van der Waals surface area contributed by atoms with E-state index in [2.05, 4.69) is 32.7 Å². The lowest BCUT2D eigenvalue weighted by molar-refractivity contribution is 0.0939. The number of hydrogen-bond donors (Lipinski definition) is 2. The molecule has 1 saturated carbocycles. The van der Waals surface area contributed by atoms with Crippen LogP contribution in [0.3, 0.4) is 0 Å². The zero-order valence-electron chi connectivity index (χ0n) is 18.5. The van der Waals surface area contributed by atoms with Crippen molar-refractivity contribution in [2.45, 2.75) is 31.7 Å². The van der Waals surface area contributed by atoms with Crippen molar-refractivity contribution in [1.29, 1.82) is 0 Å². The van der Waals surface area contributed by atoms with E-state index in [4.69, 9.17) is 0 Å². The van der Waals surface area contributed by atoms with E-state index in [0.717, 1.165) is 37.7 Å². The number of aromatic nitrogens is 3. The van der Waals surface area contributed by atoms with Crippen LogP contribution >= 0.6 is 24.8 Å². The van der Waals surface area contributed by atoms with Crippen molar-refractivity contribution in [3.8, 4) is 11.3 Å². The van der Waals surface area contributed by atoms with Gasteiger partial charge in [-0.25, -0.2) is 13.9 Å². The summed E-state index contributed by atoms with van der Waals surface area (Å²) in [7, 11) is 2.05. The van der Waals surface area contributed by atoms with Crippen molar-refractivity contribution in [2.75, 3.05) is 32.0 Å². The standard InChI is InChI=1S/C23H27FN6O.2ClH/c1-29-10-2-3-17(29)13-27-23(31)18-7-6-16(11-19(18)24)20-14-26-22-9-8-21(28-30(20)22)25-12-15-4-5-15;;/h6-9,11,14-15,17H,2-5,10,12-13H2,1H3,(H,25,28)(H,27,31);2*1H/t17-;;/m0../s1. The maximum Gasteiger partial charge on any atom is 0.254 e. The molecule has 2 fully saturated rings. The van der Waals surface area contributed by atoms with Gasteiger partial charge in [-0.15, -0.1) is 29.9 Å². The molecule has 0 spiro atoms. The summed E-state index contributed by atoms with van der Waals surface area (Å²) in [6.07, 6.45) is 6.39. The minimum atomic E-state index is -0.548. The van der Waals surface area contributed by atoms with E-state index in [9.17, 15) is 9.18 Å². The van der Waals surface area contributed by atoms with Gasteiger partial charge < -0.3 is 15.5 Å². The largest absolute Gasteiger partial charge is 0.368 e. The molecular weight excluding hydrogens is 466 g/mol. The van der Waals surface area contributed by atoms with Crippen molar-refractivity contribution in [3.05, 3.63) is 47.9 Å². The molecule has 178 valence electrons. The molecule has 3 heterocycles. The second-order valence-corrected chi connectivity index (χ2v) is 8.64. The average Bonchev–Trinajstić information content (AvgIpc) is 3.37. The summed E-state index contributed by atoms with van der Waals surface area (Å²) in [6, 6.07) is 8.78. The van der Waals surface area contributed by atoms with Crippen molar-refractivity contribution in [3.63, 3.8) is 0 Å². The van der Waals surface area contributed by atoms with Crippen LogP contribution in [0.15, 0.2) is 36.5 Å². The lowest BCUT2D eigenvalue weighted by atomic mass is 10.1. The lowest BCUT2D eigenvalue weighted by Gasteiger charge is -2.19. The number of imidazole rings is 1. The zero-order chi connectivity index (χ0) is 21.4. The average molecular weight is 495 g/mol. The number of carbonyl (C=O) groups excluding carboxylic acids is 1. The first-order chi connectivity index (χ1) is 15.1. The van der Waals surface area contributed by atoms with Gasteiger partial charge in [-0.1, -0.05) is 6.07 Å². The lowest BCUT2D eigenvalue weighted by Crippen LogP contribution is -2.38. The normalized spacial score (nSPS) is 17.9. The molecule has 2 N–H and O–H groups in total. The molecule has 1 atom stereocenters. The molecule has 0 bridgehead atoms. The van der Waals surface area contributed by atoms with E-state index in [1.165, 1.54) is 25.0 Å². The van der Waals surface area contributed by atoms with E-state index < -0.39 is 5.82 Å². The van der Waals surface area contributed by atoms with Crippen LogP contribution in [0.5, 0.6) is 0 Å². The fourth-order valence-corrected chi connectivity index (χ4v) is 4.14. The molecule has 0 radical (unpaired) electrons. The van der Waals surface area contributed by atoms with E-state index in [-0.39, 0.29) is 36.3 Å². The maximum atomic E-state index is 14.8. The van der Waals surface area contributed by atoms with Crippen molar-refractivity contribution >= 4 is 42.2 Å². The topological polar surface area (TPSA) is 74.6 Å². The molecule has 5 rings (SSSR count). The number of likely N-dealkylation sites (N-methyl/N-ethyl adjacent to an activating group) is 1. The van der Waals surface area contributed by atoms with Crippen LogP contribution in [0.4, 0.5) is 10.2 Å². The number of fused-ring (bicyclic) bond motifs is 1. The first-order valence-electron chi connectivity index (χ1n) is 11.0. The fourth-order valence-electron chi connectivity index (χ4n) is 4.14. The Bertz CT molecular complexity index is 1120. The number of rotatable bonds is 7. The highest BCUT2D eigenvalue weighted by molar-refractivity contribution is 5.95. The van der Waals surface area contributed by atoms with Gasteiger partial charge in [-0.3, -0.25) is 4.79 Å². The molecule has 1 aromatic carbocycles. The molecule has 2 aromatic heterocycles. The second-order valence-electron chi connectivity index (χ2n) is 8.64. The number of benzene rings is 1. The monoisotopic (exact) mass is 494 g/mol. The quantitative estimate of drug-likeness (QED) is 0.518. The van der Waals surface area contributed by atoms with Crippen molar-refractivity contribution in [1.82, 2.24) is 24.8 Å². The summed E-state index contributed by atoms with van der Waals surface area (Å²) in [5, 5.41) is 10.8. The molecule has 1 aliphatic heterocycles. The number of amides is 1. The summed E-state index contributed by atoms with van der Waals surface area (Å²) < 4.78 is 16.5. The van der Waals surface area contributed by atoms with Crippen LogP contribution in [0, 0.1) is 11.7 Å². The van der Waals surface area contributed by atoms with Crippen LogP contribution in [0.1, 0.15) is 36.0 Å². The van der Waals surface area contributed by atoms with Crippen LogP contribution in [-0.2, 0) is 0 Å². The summed E-state index contributed by atoms with van der Waals surface area (Å²) in [5.41, 5.74) is 2.06. The van der Waals surface area contributed by atoms with E-state index in [1.807, 2.05) is 12.1 Å². The van der Waals surface area contributed by atoms with E-state index in [0.29, 0.717) is 29.5 Å². The van der Waals surface area contributed by atoms with Gasteiger partial charge in [0, 0.05) is 24.7 Å². The maximum absolute atomic E-state index is 14.8. The zero-order valence-corrected chi connectivity index (χ0v) is 20.1. The van der Waals surface area contributed by atoms with Gasteiger partial charge in [0.15, 0.2) is 5.65 Å². The van der Waals surface area contributed by atoms with Gasteiger partial charge in [0.2, 0.25) is 0 Å². The van der Waals surface area contributed by atoms with Gasteiger partial charge in [0.05, 0.1) is 17.5 Å². The first kappa shape index (κ1) is 25.2. The summed E-state index contributed by atoms with van der Waals surface area (Å²) in [4.78, 5) is 19.1. The van der Waals surface area contributed by atoms with E-state index >= 15 is 0 Å². The third-order valence-electron chi connectivity index (χ3n) is 6.31. The van der Waals surface area contributed by atoms with Gasteiger partial charge in [-0.05, 0) is 69.5 Å². The number of carbonyl (C=O) groups is 1.